The van der Waals surface area contributed by atoms with Crippen LogP contribution in [0.25, 0.3) is 0 Å². The van der Waals surface area contributed by atoms with E-state index < -0.39 is 5.97 Å². The summed E-state index contributed by atoms with van der Waals surface area (Å²) in [5, 5.41) is 8.97. The predicted molar refractivity (Wildman–Crippen MR) is 49.5 cm³/mol. The van der Waals surface area contributed by atoms with Crippen LogP contribution in [-0.2, 0) is 4.79 Å². The van der Waals surface area contributed by atoms with E-state index in [0.717, 1.165) is 13.0 Å². The molecule has 2 aliphatic rings. The highest BCUT2D eigenvalue weighted by Gasteiger charge is 2.65. The number of nitrogens with zero attached hydrogens (tertiary/aromatic N) is 1. The van der Waals surface area contributed by atoms with Gasteiger partial charge in [-0.2, -0.15) is 0 Å². The number of hydrogen-bond donors (Lipinski definition) is 1. The van der Waals surface area contributed by atoms with Crippen LogP contribution in [0.3, 0.4) is 0 Å². The van der Waals surface area contributed by atoms with E-state index in [4.69, 9.17) is 5.11 Å². The number of carbonyl (C=O) groups is 1. The Balaban J connectivity index is 2.13. The molecule has 2 fully saturated rings. The Bertz CT molecular complexity index is 262. The van der Waals surface area contributed by atoms with Crippen molar-refractivity contribution in [3.05, 3.63) is 0 Å². The minimum Gasteiger partial charge on any atom is -0.480 e. The summed E-state index contributed by atoms with van der Waals surface area (Å²) >= 11 is 0. The molecule has 1 aliphatic carbocycles. The third-order valence-corrected chi connectivity index (χ3v) is 4.04. The van der Waals surface area contributed by atoms with Crippen LogP contribution in [0.4, 0.5) is 0 Å². The van der Waals surface area contributed by atoms with Gasteiger partial charge in [0.1, 0.15) is 6.04 Å². The molecule has 2 rings (SSSR count). The van der Waals surface area contributed by atoms with Crippen molar-refractivity contribution in [1.29, 1.82) is 0 Å². The summed E-state index contributed by atoms with van der Waals surface area (Å²) in [5.41, 5.74) is 0.677. The highest BCUT2D eigenvalue weighted by atomic mass is 16.4. The van der Waals surface area contributed by atoms with Crippen molar-refractivity contribution < 1.29 is 9.90 Å². The molecule has 1 unspecified atom stereocenters. The zero-order valence-corrected chi connectivity index (χ0v) is 8.50. The van der Waals surface area contributed by atoms with Crippen LogP contribution in [0.2, 0.25) is 0 Å². The van der Waals surface area contributed by atoms with Crippen molar-refractivity contribution in [3.8, 4) is 0 Å². The van der Waals surface area contributed by atoms with E-state index in [-0.39, 0.29) is 6.04 Å². The predicted octanol–water partition coefficient (Wildman–Crippen LogP) is 1.19. The van der Waals surface area contributed by atoms with Gasteiger partial charge < -0.3 is 5.11 Å². The highest BCUT2D eigenvalue weighted by molar-refractivity contribution is 5.74. The lowest BCUT2D eigenvalue weighted by molar-refractivity contribution is -0.141. The fraction of sp³-hybridized carbons (Fsp3) is 0.900. The summed E-state index contributed by atoms with van der Waals surface area (Å²) in [6.45, 7) is 5.44. The summed E-state index contributed by atoms with van der Waals surface area (Å²) in [4.78, 5) is 12.9. The molecular weight excluding hydrogens is 166 g/mol. The Morgan fingerprint density at radius 2 is 2.08 bits per heavy atom. The van der Waals surface area contributed by atoms with Crippen LogP contribution < -0.4 is 0 Å². The average Bonchev–Trinajstić information content (AvgIpc) is 2.36. The zero-order chi connectivity index (χ0) is 9.85. The van der Waals surface area contributed by atoms with Crippen molar-refractivity contribution in [1.82, 2.24) is 4.90 Å². The lowest BCUT2D eigenvalue weighted by atomic mass is 9.93. The normalized spacial score (nSPS) is 42.5. The number of rotatable bonds is 1. The van der Waals surface area contributed by atoms with E-state index in [1.807, 2.05) is 11.9 Å². The molecule has 0 aromatic rings. The second-order valence-corrected chi connectivity index (χ2v) is 5.31. The van der Waals surface area contributed by atoms with Crippen molar-refractivity contribution in [3.63, 3.8) is 0 Å². The minimum atomic E-state index is -0.665. The Kier molecular flexibility index (Phi) is 1.57. The van der Waals surface area contributed by atoms with Gasteiger partial charge in [-0.3, -0.25) is 9.69 Å². The number of aliphatic carboxylic acids is 1. The van der Waals surface area contributed by atoms with E-state index in [0.29, 0.717) is 10.8 Å². The molecular formula is C10H17NO2. The van der Waals surface area contributed by atoms with Crippen LogP contribution in [0, 0.1) is 10.8 Å². The lowest BCUT2D eigenvalue weighted by Gasteiger charge is -2.13. The first kappa shape index (κ1) is 9.00. The summed E-state index contributed by atoms with van der Waals surface area (Å²) in [5.74, 6) is -0.665. The molecule has 13 heavy (non-hydrogen) atoms. The number of likely N-dealkylation sites (N-methyl/N-ethyl adjacent to an activating group) is 1. The molecule has 0 bridgehead atoms. The third-order valence-electron chi connectivity index (χ3n) is 4.04. The quantitative estimate of drug-likeness (QED) is 0.664. The van der Waals surface area contributed by atoms with Gasteiger partial charge >= 0.3 is 5.97 Å². The minimum absolute atomic E-state index is 0.248. The first-order valence-corrected chi connectivity index (χ1v) is 4.81. The van der Waals surface area contributed by atoms with Crippen molar-refractivity contribution in [2.24, 2.45) is 10.8 Å². The number of carboxylic acids is 1. The van der Waals surface area contributed by atoms with Gasteiger partial charge in [-0.05, 0) is 30.7 Å². The van der Waals surface area contributed by atoms with Crippen LogP contribution >= 0.6 is 0 Å². The topological polar surface area (TPSA) is 40.5 Å². The molecule has 1 aliphatic heterocycles. The Hall–Kier alpha value is -0.570. The maximum absolute atomic E-state index is 10.9. The molecule has 0 aromatic heterocycles. The van der Waals surface area contributed by atoms with Crippen LogP contribution in [0.15, 0.2) is 0 Å². The number of carboxylic acid groups (broad SMARTS) is 1. The Morgan fingerprint density at radius 1 is 1.54 bits per heavy atom. The molecule has 1 N–H and O–H groups in total. The van der Waals surface area contributed by atoms with Crippen molar-refractivity contribution in [2.45, 2.75) is 32.7 Å². The standard InChI is InChI=1S/C10H17NO2/c1-9(2)5-10(9)4-7(8(12)13)11(3)6-10/h7H,4-6H2,1-3H3,(H,12,13)/t7-,10?/m0/s1. The van der Waals surface area contributed by atoms with Crippen LogP contribution in [0.5, 0.6) is 0 Å². The van der Waals surface area contributed by atoms with Crippen LogP contribution in [0.1, 0.15) is 26.7 Å². The molecule has 1 saturated carbocycles. The SMILES string of the molecule is CN1CC2(C[C@H]1C(=O)O)CC2(C)C. The van der Waals surface area contributed by atoms with Gasteiger partial charge in [0.25, 0.3) is 0 Å². The Labute approximate surface area is 78.7 Å². The van der Waals surface area contributed by atoms with Gasteiger partial charge in [-0.15, -0.1) is 0 Å². The van der Waals surface area contributed by atoms with Gasteiger partial charge in [0, 0.05) is 6.54 Å². The summed E-state index contributed by atoms with van der Waals surface area (Å²) < 4.78 is 0. The molecule has 1 heterocycles. The first-order chi connectivity index (χ1) is 5.88. The van der Waals surface area contributed by atoms with E-state index in [2.05, 4.69) is 13.8 Å². The molecule has 3 nitrogen and oxygen atoms in total. The van der Waals surface area contributed by atoms with Gasteiger partial charge in [-0.25, -0.2) is 0 Å². The second kappa shape index (κ2) is 2.27. The van der Waals surface area contributed by atoms with Gasteiger partial charge in [0.05, 0.1) is 0 Å². The first-order valence-electron chi connectivity index (χ1n) is 4.81. The largest absolute Gasteiger partial charge is 0.480 e. The lowest BCUT2D eigenvalue weighted by Crippen LogP contribution is -2.32. The molecule has 2 atom stereocenters. The molecule has 1 spiro atoms. The summed E-state index contributed by atoms with van der Waals surface area (Å²) in [6.07, 6.45) is 2.03. The third kappa shape index (κ3) is 1.10. The smallest absolute Gasteiger partial charge is 0.320 e. The summed E-state index contributed by atoms with van der Waals surface area (Å²) in [6, 6.07) is -0.248. The van der Waals surface area contributed by atoms with E-state index in [9.17, 15) is 4.79 Å². The second-order valence-electron chi connectivity index (χ2n) is 5.31. The Morgan fingerprint density at radius 3 is 2.31 bits per heavy atom. The maximum Gasteiger partial charge on any atom is 0.320 e. The maximum atomic E-state index is 10.9. The monoisotopic (exact) mass is 183 g/mol. The average molecular weight is 183 g/mol. The van der Waals surface area contributed by atoms with Gasteiger partial charge in [0.15, 0.2) is 0 Å². The molecule has 0 radical (unpaired) electrons. The highest BCUT2D eigenvalue weighted by Crippen LogP contribution is 2.68. The summed E-state index contributed by atoms with van der Waals surface area (Å²) in [7, 11) is 1.92. The molecule has 1 saturated heterocycles. The van der Waals surface area contributed by atoms with E-state index in [1.54, 1.807) is 0 Å². The van der Waals surface area contributed by atoms with Crippen molar-refractivity contribution >= 4 is 5.97 Å². The molecule has 74 valence electrons. The van der Waals surface area contributed by atoms with E-state index in [1.165, 1.54) is 6.42 Å². The van der Waals surface area contributed by atoms with Crippen LogP contribution in [-0.4, -0.2) is 35.6 Å². The number of hydrogen-bond acceptors (Lipinski definition) is 2. The van der Waals surface area contributed by atoms with Gasteiger partial charge in [-0.1, -0.05) is 13.8 Å². The molecule has 3 heteroatoms. The fourth-order valence-corrected chi connectivity index (χ4v) is 2.87. The van der Waals surface area contributed by atoms with Gasteiger partial charge in [0.2, 0.25) is 0 Å². The van der Waals surface area contributed by atoms with Crippen molar-refractivity contribution in [2.75, 3.05) is 13.6 Å². The van der Waals surface area contributed by atoms with E-state index >= 15 is 0 Å². The fourth-order valence-electron chi connectivity index (χ4n) is 2.87. The number of likely N-dealkylation sites (tertiary alicyclic amines) is 1. The molecule has 0 aromatic carbocycles. The zero-order valence-electron chi connectivity index (χ0n) is 8.50. The molecule has 0 amide bonds.